The van der Waals surface area contributed by atoms with Gasteiger partial charge in [0.15, 0.2) is 0 Å². The highest BCUT2D eigenvalue weighted by Gasteiger charge is 2.18. The molecular formula is C18H25N. The van der Waals surface area contributed by atoms with Gasteiger partial charge in [-0.3, -0.25) is 0 Å². The predicted molar refractivity (Wildman–Crippen MR) is 84.4 cm³/mol. The summed E-state index contributed by atoms with van der Waals surface area (Å²) in [6.45, 7) is 8.41. The van der Waals surface area contributed by atoms with Gasteiger partial charge in [0.2, 0.25) is 0 Å². The zero-order valence-electron chi connectivity index (χ0n) is 12.3. The van der Waals surface area contributed by atoms with Crippen molar-refractivity contribution in [3.8, 4) is 0 Å². The van der Waals surface area contributed by atoms with E-state index in [-0.39, 0.29) is 0 Å². The molecule has 0 fully saturated rings. The minimum atomic E-state index is 0.938. The highest BCUT2D eigenvalue weighted by Crippen LogP contribution is 2.33. The molecule has 0 aromatic carbocycles. The normalized spacial score (nSPS) is 13.9. The number of hydrogen-bond acceptors (Lipinski definition) is 0. The fourth-order valence-corrected chi connectivity index (χ4v) is 2.96. The first kappa shape index (κ1) is 13.9. The minimum absolute atomic E-state index is 0.938. The molecular weight excluding hydrogens is 230 g/mol. The Bertz CT molecular complexity index is 500. The third kappa shape index (κ3) is 2.91. The van der Waals surface area contributed by atoms with Crippen molar-refractivity contribution in [1.82, 2.24) is 4.98 Å². The van der Waals surface area contributed by atoms with Crippen molar-refractivity contribution in [2.24, 2.45) is 0 Å². The van der Waals surface area contributed by atoms with Crippen molar-refractivity contribution < 1.29 is 0 Å². The quantitative estimate of drug-likeness (QED) is 0.660. The third-order valence-corrected chi connectivity index (χ3v) is 3.71. The Morgan fingerprint density at radius 2 is 2.00 bits per heavy atom. The van der Waals surface area contributed by atoms with Gasteiger partial charge in [-0.15, -0.1) is 6.58 Å². The standard InChI is InChI=1S/C18H25N/c1-4-9-15-16(10-5-2)19-17(11-6-3)18(15)14-12-7-8-13-14/h6-8,12,19H,3-5,9-11,13H2,1-2H3. The second-order valence-electron chi connectivity index (χ2n) is 5.25. The fraction of sp³-hybridized carbons (Fsp3) is 0.444. The maximum atomic E-state index is 3.90. The van der Waals surface area contributed by atoms with Crippen LogP contribution in [0.1, 0.15) is 55.6 Å². The van der Waals surface area contributed by atoms with E-state index in [1.54, 1.807) is 5.56 Å². The Balaban J connectivity index is 2.47. The fourth-order valence-electron chi connectivity index (χ4n) is 2.96. The topological polar surface area (TPSA) is 15.8 Å². The van der Waals surface area contributed by atoms with Gasteiger partial charge in [-0.2, -0.15) is 0 Å². The molecule has 1 aliphatic rings. The highest BCUT2D eigenvalue weighted by molar-refractivity contribution is 5.75. The monoisotopic (exact) mass is 255 g/mol. The minimum Gasteiger partial charge on any atom is -0.361 e. The lowest BCUT2D eigenvalue weighted by Gasteiger charge is -2.08. The first-order valence-electron chi connectivity index (χ1n) is 7.51. The highest BCUT2D eigenvalue weighted by atomic mass is 14.7. The molecule has 0 spiro atoms. The number of hydrogen-bond donors (Lipinski definition) is 1. The lowest BCUT2D eigenvalue weighted by Crippen LogP contribution is -1.95. The van der Waals surface area contributed by atoms with Gasteiger partial charge in [0.25, 0.3) is 0 Å². The van der Waals surface area contributed by atoms with Crippen LogP contribution in [0.25, 0.3) is 5.57 Å². The summed E-state index contributed by atoms with van der Waals surface area (Å²) in [6.07, 6.45) is 15.4. The van der Waals surface area contributed by atoms with E-state index in [9.17, 15) is 0 Å². The predicted octanol–water partition coefficient (Wildman–Crippen LogP) is 4.99. The lowest BCUT2D eigenvalue weighted by molar-refractivity contribution is 0.842. The van der Waals surface area contributed by atoms with Gasteiger partial charge in [-0.1, -0.05) is 51.0 Å². The number of allylic oxidation sites excluding steroid dienone is 5. The summed E-state index contributed by atoms with van der Waals surface area (Å²) in [5, 5.41) is 0. The number of aromatic nitrogens is 1. The molecule has 1 aliphatic carbocycles. The second-order valence-corrected chi connectivity index (χ2v) is 5.25. The second kappa shape index (κ2) is 6.60. The van der Waals surface area contributed by atoms with Crippen LogP contribution in [0, 0.1) is 0 Å². The van der Waals surface area contributed by atoms with Crippen LogP contribution in [0.15, 0.2) is 30.9 Å². The maximum absolute atomic E-state index is 3.90. The van der Waals surface area contributed by atoms with E-state index in [4.69, 9.17) is 0 Å². The Morgan fingerprint density at radius 1 is 1.21 bits per heavy atom. The van der Waals surface area contributed by atoms with Crippen molar-refractivity contribution in [1.29, 1.82) is 0 Å². The summed E-state index contributed by atoms with van der Waals surface area (Å²) < 4.78 is 0. The Morgan fingerprint density at radius 3 is 2.58 bits per heavy atom. The van der Waals surface area contributed by atoms with E-state index < -0.39 is 0 Å². The van der Waals surface area contributed by atoms with Crippen LogP contribution in [0.2, 0.25) is 0 Å². The lowest BCUT2D eigenvalue weighted by atomic mass is 9.94. The van der Waals surface area contributed by atoms with E-state index in [1.807, 2.05) is 6.08 Å². The van der Waals surface area contributed by atoms with Crippen molar-refractivity contribution >= 4 is 5.57 Å². The van der Waals surface area contributed by atoms with Crippen LogP contribution in [-0.2, 0) is 19.3 Å². The van der Waals surface area contributed by atoms with E-state index >= 15 is 0 Å². The van der Waals surface area contributed by atoms with Gasteiger partial charge in [0, 0.05) is 23.4 Å². The first-order chi connectivity index (χ1) is 9.31. The molecule has 0 amide bonds. The maximum Gasteiger partial charge on any atom is 0.0266 e. The van der Waals surface area contributed by atoms with Gasteiger partial charge in [0.05, 0.1) is 0 Å². The molecule has 0 saturated carbocycles. The van der Waals surface area contributed by atoms with Crippen molar-refractivity contribution in [3.63, 3.8) is 0 Å². The summed E-state index contributed by atoms with van der Waals surface area (Å²) in [5.41, 5.74) is 7.31. The van der Waals surface area contributed by atoms with Gasteiger partial charge >= 0.3 is 0 Å². The van der Waals surface area contributed by atoms with Crippen molar-refractivity contribution in [2.45, 2.75) is 52.4 Å². The Kier molecular flexibility index (Phi) is 4.84. The molecule has 102 valence electrons. The average Bonchev–Trinajstić information content (AvgIpc) is 3.00. The molecule has 1 heteroatoms. The Labute approximate surface area is 117 Å². The molecule has 0 saturated heterocycles. The molecule has 0 aliphatic heterocycles. The van der Waals surface area contributed by atoms with E-state index in [1.165, 1.54) is 41.8 Å². The molecule has 1 nitrogen and oxygen atoms in total. The van der Waals surface area contributed by atoms with Crippen LogP contribution >= 0.6 is 0 Å². The summed E-state index contributed by atoms with van der Waals surface area (Å²) in [5.74, 6) is 0. The first-order valence-corrected chi connectivity index (χ1v) is 7.51. The number of aryl methyl sites for hydroxylation is 1. The molecule has 1 aromatic heterocycles. The molecule has 2 rings (SSSR count). The van der Waals surface area contributed by atoms with Crippen LogP contribution in [0.5, 0.6) is 0 Å². The van der Waals surface area contributed by atoms with Crippen LogP contribution in [0.4, 0.5) is 0 Å². The average molecular weight is 255 g/mol. The summed E-state index contributed by atoms with van der Waals surface area (Å²) in [4.78, 5) is 3.67. The molecule has 19 heavy (non-hydrogen) atoms. The van der Waals surface area contributed by atoms with E-state index in [0.717, 1.165) is 19.3 Å². The Hall–Kier alpha value is -1.50. The van der Waals surface area contributed by atoms with Gasteiger partial charge in [-0.25, -0.2) is 0 Å². The molecule has 1 N–H and O–H groups in total. The zero-order valence-corrected chi connectivity index (χ0v) is 12.3. The number of rotatable bonds is 7. The van der Waals surface area contributed by atoms with E-state index in [2.05, 4.69) is 43.6 Å². The largest absolute Gasteiger partial charge is 0.361 e. The summed E-state index contributed by atoms with van der Waals surface area (Å²) in [7, 11) is 0. The van der Waals surface area contributed by atoms with E-state index in [0.29, 0.717) is 0 Å². The van der Waals surface area contributed by atoms with Crippen LogP contribution in [0.3, 0.4) is 0 Å². The van der Waals surface area contributed by atoms with Crippen LogP contribution < -0.4 is 0 Å². The molecule has 0 unspecified atom stereocenters. The SMILES string of the molecule is C=CCc1[nH]c(CCC)c(CCC)c1C1=CC=CC1. The molecule has 1 aromatic rings. The van der Waals surface area contributed by atoms with Crippen molar-refractivity contribution in [2.75, 3.05) is 0 Å². The molecule has 0 radical (unpaired) electrons. The van der Waals surface area contributed by atoms with Gasteiger partial charge in [0.1, 0.15) is 0 Å². The third-order valence-electron chi connectivity index (χ3n) is 3.71. The number of H-pyrrole nitrogens is 1. The number of aromatic amines is 1. The number of nitrogens with one attached hydrogen (secondary N) is 1. The smallest absolute Gasteiger partial charge is 0.0266 e. The molecule has 1 heterocycles. The summed E-state index contributed by atoms with van der Waals surface area (Å²) in [6, 6.07) is 0. The zero-order chi connectivity index (χ0) is 13.7. The van der Waals surface area contributed by atoms with Gasteiger partial charge in [-0.05, 0) is 30.4 Å². The summed E-state index contributed by atoms with van der Waals surface area (Å²) >= 11 is 0. The van der Waals surface area contributed by atoms with Gasteiger partial charge < -0.3 is 4.98 Å². The van der Waals surface area contributed by atoms with Crippen LogP contribution in [-0.4, -0.2) is 4.98 Å². The van der Waals surface area contributed by atoms with Crippen molar-refractivity contribution in [3.05, 3.63) is 53.4 Å². The molecule has 0 bridgehead atoms. The molecule has 0 atom stereocenters.